The van der Waals surface area contributed by atoms with Crippen LogP contribution in [0.4, 0.5) is 0 Å². The highest BCUT2D eigenvalue weighted by Gasteiger charge is 2.10. The van der Waals surface area contributed by atoms with Crippen LogP contribution in [0.2, 0.25) is 0 Å². The molecule has 0 spiro atoms. The molecule has 0 aliphatic rings. The normalized spacial score (nSPS) is 13.8. The third-order valence-electron chi connectivity index (χ3n) is 5.67. The predicted octanol–water partition coefficient (Wildman–Crippen LogP) is 9.10. The summed E-state index contributed by atoms with van der Waals surface area (Å²) in [5.74, 6) is 1.78. The SMILES string of the molecule is C=C(CCC(CCCCCC)CCCCCCCC)CC(C)CC. The smallest absolute Gasteiger partial charge is 0.0297 e. The largest absolute Gasteiger partial charge is 0.0999 e. The van der Waals surface area contributed by atoms with Crippen molar-refractivity contribution in [3.8, 4) is 0 Å². The fourth-order valence-electron chi connectivity index (χ4n) is 3.65. The van der Waals surface area contributed by atoms with Crippen molar-refractivity contribution in [1.29, 1.82) is 0 Å². The second kappa shape index (κ2) is 17.6. The molecule has 144 valence electrons. The zero-order chi connectivity index (χ0) is 18.0. The predicted molar refractivity (Wildman–Crippen MR) is 113 cm³/mol. The fraction of sp³-hybridized carbons (Fsp3) is 0.917. The minimum Gasteiger partial charge on any atom is -0.0999 e. The first-order chi connectivity index (χ1) is 11.6. The minimum atomic E-state index is 0.819. The van der Waals surface area contributed by atoms with Crippen molar-refractivity contribution in [2.75, 3.05) is 0 Å². The lowest BCUT2D eigenvalue weighted by Gasteiger charge is -2.19. The van der Waals surface area contributed by atoms with Crippen molar-refractivity contribution >= 4 is 0 Å². The highest BCUT2D eigenvalue weighted by atomic mass is 14.2. The third-order valence-corrected chi connectivity index (χ3v) is 5.67. The average Bonchev–Trinajstić information content (AvgIpc) is 2.58. The number of hydrogen-bond donors (Lipinski definition) is 0. The first-order valence-corrected chi connectivity index (χ1v) is 11.3. The van der Waals surface area contributed by atoms with Crippen LogP contribution in [0.1, 0.15) is 130 Å². The molecule has 0 saturated carbocycles. The van der Waals surface area contributed by atoms with Gasteiger partial charge in [0.1, 0.15) is 0 Å². The minimum absolute atomic E-state index is 0.819. The van der Waals surface area contributed by atoms with E-state index in [2.05, 4.69) is 34.3 Å². The van der Waals surface area contributed by atoms with Crippen LogP contribution >= 0.6 is 0 Å². The van der Waals surface area contributed by atoms with Crippen LogP contribution < -0.4 is 0 Å². The molecular formula is C24H48. The van der Waals surface area contributed by atoms with E-state index in [0.29, 0.717) is 0 Å². The Balaban J connectivity index is 4.00. The van der Waals surface area contributed by atoms with Gasteiger partial charge < -0.3 is 0 Å². The van der Waals surface area contributed by atoms with Crippen molar-refractivity contribution in [1.82, 2.24) is 0 Å². The Morgan fingerprint density at radius 1 is 0.708 bits per heavy atom. The van der Waals surface area contributed by atoms with E-state index in [-0.39, 0.29) is 0 Å². The summed E-state index contributed by atoms with van der Waals surface area (Å²) >= 11 is 0. The number of rotatable bonds is 18. The molecule has 0 aromatic heterocycles. The molecule has 0 nitrogen and oxygen atoms in total. The molecule has 2 atom stereocenters. The summed E-state index contributed by atoms with van der Waals surface area (Å²) < 4.78 is 0. The molecule has 0 heterocycles. The topological polar surface area (TPSA) is 0 Å². The van der Waals surface area contributed by atoms with Crippen LogP contribution in [0.15, 0.2) is 12.2 Å². The van der Waals surface area contributed by atoms with E-state index < -0.39 is 0 Å². The van der Waals surface area contributed by atoms with E-state index in [4.69, 9.17) is 0 Å². The summed E-state index contributed by atoms with van der Waals surface area (Å²) in [6, 6.07) is 0. The molecule has 0 N–H and O–H groups in total. The third kappa shape index (κ3) is 15.3. The molecule has 0 aliphatic heterocycles. The maximum absolute atomic E-state index is 4.35. The van der Waals surface area contributed by atoms with Crippen molar-refractivity contribution in [2.24, 2.45) is 11.8 Å². The van der Waals surface area contributed by atoms with Gasteiger partial charge in [-0.3, -0.25) is 0 Å². The van der Waals surface area contributed by atoms with E-state index >= 15 is 0 Å². The molecule has 24 heavy (non-hydrogen) atoms. The van der Waals surface area contributed by atoms with Gasteiger partial charge in [0.05, 0.1) is 0 Å². The van der Waals surface area contributed by atoms with Crippen LogP contribution in [0, 0.1) is 11.8 Å². The quantitative estimate of drug-likeness (QED) is 0.173. The second-order valence-corrected chi connectivity index (χ2v) is 8.28. The second-order valence-electron chi connectivity index (χ2n) is 8.28. The zero-order valence-electron chi connectivity index (χ0n) is 17.7. The Labute approximate surface area is 154 Å². The highest BCUT2D eigenvalue weighted by molar-refractivity contribution is 4.95. The van der Waals surface area contributed by atoms with E-state index in [1.165, 1.54) is 108 Å². The lowest BCUT2D eigenvalue weighted by Crippen LogP contribution is -2.03. The lowest BCUT2D eigenvalue weighted by atomic mass is 9.87. The molecule has 0 bridgehead atoms. The first kappa shape index (κ1) is 23.7. The van der Waals surface area contributed by atoms with Crippen molar-refractivity contribution in [3.63, 3.8) is 0 Å². The summed E-state index contributed by atoms with van der Waals surface area (Å²) in [5.41, 5.74) is 1.51. The van der Waals surface area contributed by atoms with Crippen LogP contribution in [0.3, 0.4) is 0 Å². The first-order valence-electron chi connectivity index (χ1n) is 11.3. The molecule has 0 aromatic carbocycles. The molecule has 0 aliphatic carbocycles. The van der Waals surface area contributed by atoms with Crippen molar-refractivity contribution < 1.29 is 0 Å². The Morgan fingerprint density at radius 2 is 1.21 bits per heavy atom. The molecular weight excluding hydrogens is 288 g/mol. The van der Waals surface area contributed by atoms with Gasteiger partial charge in [0.15, 0.2) is 0 Å². The van der Waals surface area contributed by atoms with Crippen LogP contribution in [-0.4, -0.2) is 0 Å². The van der Waals surface area contributed by atoms with Crippen LogP contribution in [0.25, 0.3) is 0 Å². The van der Waals surface area contributed by atoms with Crippen LogP contribution in [-0.2, 0) is 0 Å². The Hall–Kier alpha value is -0.260. The molecule has 0 rings (SSSR count). The molecule has 0 aromatic rings. The summed E-state index contributed by atoms with van der Waals surface area (Å²) in [6.45, 7) is 13.6. The molecule has 2 unspecified atom stereocenters. The fourth-order valence-corrected chi connectivity index (χ4v) is 3.65. The molecule has 0 saturated heterocycles. The zero-order valence-corrected chi connectivity index (χ0v) is 17.7. The van der Waals surface area contributed by atoms with Gasteiger partial charge in [-0.1, -0.05) is 123 Å². The van der Waals surface area contributed by atoms with E-state index in [9.17, 15) is 0 Å². The summed E-state index contributed by atoms with van der Waals surface area (Å²) in [5, 5.41) is 0. The molecule has 0 fully saturated rings. The number of hydrogen-bond acceptors (Lipinski definition) is 0. The molecule has 0 radical (unpaired) electrons. The van der Waals surface area contributed by atoms with Gasteiger partial charge in [-0.05, 0) is 31.1 Å². The molecule has 0 amide bonds. The maximum Gasteiger partial charge on any atom is -0.0297 e. The van der Waals surface area contributed by atoms with Gasteiger partial charge in [-0.2, -0.15) is 0 Å². The lowest BCUT2D eigenvalue weighted by molar-refractivity contribution is 0.378. The van der Waals surface area contributed by atoms with Crippen molar-refractivity contribution in [2.45, 2.75) is 130 Å². The van der Waals surface area contributed by atoms with E-state index in [0.717, 1.165) is 11.8 Å². The summed E-state index contributed by atoms with van der Waals surface area (Å²) in [6.07, 6.45) is 22.4. The average molecular weight is 337 g/mol. The van der Waals surface area contributed by atoms with E-state index in [1.807, 2.05) is 0 Å². The highest BCUT2D eigenvalue weighted by Crippen LogP contribution is 2.26. The Kier molecular flexibility index (Phi) is 17.4. The molecule has 0 heteroatoms. The van der Waals surface area contributed by atoms with Gasteiger partial charge in [0, 0.05) is 0 Å². The number of allylic oxidation sites excluding steroid dienone is 1. The summed E-state index contributed by atoms with van der Waals surface area (Å²) in [4.78, 5) is 0. The summed E-state index contributed by atoms with van der Waals surface area (Å²) in [7, 11) is 0. The maximum atomic E-state index is 4.35. The van der Waals surface area contributed by atoms with Gasteiger partial charge in [-0.15, -0.1) is 0 Å². The van der Waals surface area contributed by atoms with Crippen LogP contribution in [0.5, 0.6) is 0 Å². The van der Waals surface area contributed by atoms with Crippen molar-refractivity contribution in [3.05, 3.63) is 12.2 Å². The van der Waals surface area contributed by atoms with Gasteiger partial charge in [0.25, 0.3) is 0 Å². The Bertz CT molecular complexity index is 265. The Morgan fingerprint density at radius 3 is 1.75 bits per heavy atom. The van der Waals surface area contributed by atoms with Gasteiger partial charge >= 0.3 is 0 Å². The monoisotopic (exact) mass is 336 g/mol. The number of unbranched alkanes of at least 4 members (excludes halogenated alkanes) is 8. The van der Waals surface area contributed by atoms with E-state index in [1.54, 1.807) is 0 Å². The standard InChI is InChI=1S/C24H48/c1-6-9-11-13-14-16-18-24(17-15-12-10-7-2)20-19-23(5)21-22(4)8-3/h22,24H,5-21H2,1-4H3. The van der Waals surface area contributed by atoms with Gasteiger partial charge in [0.2, 0.25) is 0 Å². The van der Waals surface area contributed by atoms with Gasteiger partial charge in [-0.25, -0.2) is 0 Å².